The first kappa shape index (κ1) is 16.4. The topological polar surface area (TPSA) is 83.3 Å². The zero-order valence-corrected chi connectivity index (χ0v) is 14.4. The summed E-state index contributed by atoms with van der Waals surface area (Å²) in [6.45, 7) is 1.01. The number of furan rings is 1. The van der Waals surface area contributed by atoms with Crippen molar-refractivity contribution in [3.8, 4) is 17.1 Å². The van der Waals surface area contributed by atoms with Gasteiger partial charge in [0.2, 0.25) is 0 Å². The number of nitrogens with zero attached hydrogens (tertiary/aromatic N) is 2. The Morgan fingerprint density at radius 2 is 2.00 bits per heavy atom. The van der Waals surface area contributed by atoms with Crippen LogP contribution in [0.25, 0.3) is 33.1 Å². The second-order valence-corrected chi connectivity index (χ2v) is 6.13. The van der Waals surface area contributed by atoms with Crippen LogP contribution in [0.15, 0.2) is 58.1 Å². The highest BCUT2D eigenvalue weighted by molar-refractivity contribution is 5.87. The van der Waals surface area contributed by atoms with Crippen molar-refractivity contribution < 1.29 is 9.15 Å². The average Bonchev–Trinajstić information content (AvgIpc) is 3.14. The standard InChI is InChI=1S/C20H19N3O3/c1-25-16-5-6-18-17(10-16)20(24)23(8-2-7-21)19(22-18)13-3-4-14-11-26-12-15(14)9-13/h3-6,9-12H,2,7-8,21H2,1H3. The minimum Gasteiger partial charge on any atom is -0.497 e. The molecule has 0 atom stereocenters. The van der Waals surface area contributed by atoms with Gasteiger partial charge in [0.05, 0.1) is 30.5 Å². The van der Waals surface area contributed by atoms with E-state index in [9.17, 15) is 4.79 Å². The first-order valence-electron chi connectivity index (χ1n) is 8.46. The zero-order valence-electron chi connectivity index (χ0n) is 14.4. The SMILES string of the molecule is COc1ccc2nc(-c3ccc4cocc4c3)n(CCCN)c(=O)c2c1. The van der Waals surface area contributed by atoms with Crippen molar-refractivity contribution in [3.05, 3.63) is 59.3 Å². The van der Waals surface area contributed by atoms with E-state index in [0.29, 0.717) is 42.0 Å². The first-order valence-corrected chi connectivity index (χ1v) is 8.46. The van der Waals surface area contributed by atoms with E-state index >= 15 is 0 Å². The minimum atomic E-state index is -0.0929. The van der Waals surface area contributed by atoms with Crippen molar-refractivity contribution in [1.29, 1.82) is 0 Å². The van der Waals surface area contributed by atoms with E-state index in [1.54, 1.807) is 30.3 Å². The van der Waals surface area contributed by atoms with Crippen molar-refractivity contribution >= 4 is 21.7 Å². The molecule has 0 saturated heterocycles. The molecule has 0 aliphatic heterocycles. The number of methoxy groups -OCH3 is 1. The van der Waals surface area contributed by atoms with Crippen molar-refractivity contribution in [3.63, 3.8) is 0 Å². The summed E-state index contributed by atoms with van der Waals surface area (Å²) in [6, 6.07) is 11.2. The van der Waals surface area contributed by atoms with Crippen LogP contribution in [0.1, 0.15) is 6.42 Å². The maximum absolute atomic E-state index is 13.1. The van der Waals surface area contributed by atoms with Crippen molar-refractivity contribution in [2.24, 2.45) is 5.73 Å². The van der Waals surface area contributed by atoms with Gasteiger partial charge in [-0.15, -0.1) is 0 Å². The lowest BCUT2D eigenvalue weighted by molar-refractivity contribution is 0.415. The highest BCUT2D eigenvalue weighted by atomic mass is 16.5. The Labute approximate surface area is 149 Å². The van der Waals surface area contributed by atoms with Crippen LogP contribution < -0.4 is 16.0 Å². The summed E-state index contributed by atoms with van der Waals surface area (Å²) in [5.74, 6) is 1.26. The van der Waals surface area contributed by atoms with Gasteiger partial charge in [-0.3, -0.25) is 9.36 Å². The number of hydrogen-bond donors (Lipinski definition) is 1. The molecule has 2 aromatic carbocycles. The molecule has 2 N–H and O–H groups in total. The first-order chi connectivity index (χ1) is 12.7. The van der Waals surface area contributed by atoms with Gasteiger partial charge in [0.25, 0.3) is 5.56 Å². The molecule has 4 rings (SSSR count). The van der Waals surface area contributed by atoms with Gasteiger partial charge in [0.1, 0.15) is 11.6 Å². The van der Waals surface area contributed by atoms with E-state index < -0.39 is 0 Å². The van der Waals surface area contributed by atoms with Crippen LogP contribution >= 0.6 is 0 Å². The molecule has 0 fully saturated rings. The van der Waals surface area contributed by atoms with Crippen LogP contribution in [0.2, 0.25) is 0 Å². The number of aromatic nitrogens is 2. The van der Waals surface area contributed by atoms with Gasteiger partial charge in [-0.2, -0.15) is 0 Å². The monoisotopic (exact) mass is 349 g/mol. The van der Waals surface area contributed by atoms with E-state index in [2.05, 4.69) is 0 Å². The third-order valence-electron chi connectivity index (χ3n) is 4.48. The predicted molar refractivity (Wildman–Crippen MR) is 101 cm³/mol. The quantitative estimate of drug-likeness (QED) is 0.598. The van der Waals surface area contributed by atoms with Gasteiger partial charge in [-0.25, -0.2) is 4.98 Å². The molecule has 0 radical (unpaired) electrons. The average molecular weight is 349 g/mol. The van der Waals surface area contributed by atoms with Crippen LogP contribution in [0.4, 0.5) is 0 Å². The molecule has 0 amide bonds. The fraction of sp³-hybridized carbons (Fsp3) is 0.200. The van der Waals surface area contributed by atoms with Crippen molar-refractivity contribution in [2.45, 2.75) is 13.0 Å². The third-order valence-corrected chi connectivity index (χ3v) is 4.48. The van der Waals surface area contributed by atoms with Gasteiger partial charge >= 0.3 is 0 Å². The largest absolute Gasteiger partial charge is 0.497 e. The maximum atomic E-state index is 13.1. The Kier molecular flexibility index (Phi) is 4.18. The summed E-state index contributed by atoms with van der Waals surface area (Å²) in [5.41, 5.74) is 7.08. The highest BCUT2D eigenvalue weighted by Gasteiger charge is 2.14. The molecule has 2 aromatic heterocycles. The Bertz CT molecular complexity index is 1140. The van der Waals surface area contributed by atoms with E-state index in [1.165, 1.54) is 0 Å². The maximum Gasteiger partial charge on any atom is 0.261 e. The second-order valence-electron chi connectivity index (χ2n) is 6.13. The van der Waals surface area contributed by atoms with Gasteiger partial charge in [-0.1, -0.05) is 12.1 Å². The Morgan fingerprint density at radius 3 is 2.81 bits per heavy atom. The lowest BCUT2D eigenvalue weighted by Gasteiger charge is -2.14. The predicted octanol–water partition coefficient (Wildman–Crippen LogP) is 3.17. The van der Waals surface area contributed by atoms with Crippen molar-refractivity contribution in [2.75, 3.05) is 13.7 Å². The molecule has 26 heavy (non-hydrogen) atoms. The molecule has 0 aliphatic carbocycles. The molecule has 4 aromatic rings. The highest BCUT2D eigenvalue weighted by Crippen LogP contribution is 2.25. The van der Waals surface area contributed by atoms with Gasteiger partial charge in [-0.05, 0) is 37.2 Å². The lowest BCUT2D eigenvalue weighted by Crippen LogP contribution is -2.24. The molecule has 0 unspecified atom stereocenters. The van der Waals surface area contributed by atoms with E-state index in [0.717, 1.165) is 16.3 Å². The van der Waals surface area contributed by atoms with Crippen LogP contribution in [0.3, 0.4) is 0 Å². The van der Waals surface area contributed by atoms with Gasteiger partial charge in [0.15, 0.2) is 0 Å². The Balaban J connectivity index is 1.98. The fourth-order valence-electron chi connectivity index (χ4n) is 3.11. The summed E-state index contributed by atoms with van der Waals surface area (Å²) >= 11 is 0. The molecule has 132 valence electrons. The van der Waals surface area contributed by atoms with Gasteiger partial charge in [0, 0.05) is 22.9 Å². The summed E-state index contributed by atoms with van der Waals surface area (Å²) in [6.07, 6.45) is 4.08. The smallest absolute Gasteiger partial charge is 0.261 e. The third kappa shape index (κ3) is 2.74. The molecule has 0 saturated carbocycles. The van der Waals surface area contributed by atoms with Crippen LogP contribution in [0, 0.1) is 0 Å². The van der Waals surface area contributed by atoms with Gasteiger partial charge < -0.3 is 14.9 Å². The number of rotatable bonds is 5. The summed E-state index contributed by atoms with van der Waals surface area (Å²) in [5, 5.41) is 2.52. The zero-order chi connectivity index (χ0) is 18.1. The Hall–Kier alpha value is -3.12. The second kappa shape index (κ2) is 6.65. The van der Waals surface area contributed by atoms with E-state index in [4.69, 9.17) is 19.9 Å². The summed E-state index contributed by atoms with van der Waals surface area (Å²) in [4.78, 5) is 17.9. The number of hydrogen-bond acceptors (Lipinski definition) is 5. The fourth-order valence-corrected chi connectivity index (χ4v) is 3.11. The summed E-state index contributed by atoms with van der Waals surface area (Å²) in [7, 11) is 1.58. The normalized spacial score (nSPS) is 11.3. The van der Waals surface area contributed by atoms with Crippen molar-refractivity contribution in [1.82, 2.24) is 9.55 Å². The molecular weight excluding hydrogens is 330 g/mol. The molecule has 0 aliphatic rings. The number of nitrogens with two attached hydrogens (primary N) is 1. The van der Waals surface area contributed by atoms with Crippen LogP contribution in [0.5, 0.6) is 5.75 Å². The molecule has 0 spiro atoms. The molecule has 2 heterocycles. The molecule has 6 heteroatoms. The van der Waals surface area contributed by atoms with Crippen LogP contribution in [-0.2, 0) is 6.54 Å². The molecular formula is C20H19N3O3. The summed E-state index contributed by atoms with van der Waals surface area (Å²) < 4.78 is 12.2. The number of ether oxygens (including phenoxy) is 1. The minimum absolute atomic E-state index is 0.0929. The van der Waals surface area contributed by atoms with E-state index in [1.807, 2.05) is 30.3 Å². The Morgan fingerprint density at radius 1 is 1.15 bits per heavy atom. The lowest BCUT2D eigenvalue weighted by atomic mass is 10.1. The van der Waals surface area contributed by atoms with E-state index in [-0.39, 0.29) is 5.56 Å². The molecule has 6 nitrogen and oxygen atoms in total. The number of benzene rings is 2. The number of fused-ring (bicyclic) bond motifs is 2. The van der Waals surface area contributed by atoms with Crippen LogP contribution in [-0.4, -0.2) is 23.2 Å². The molecule has 0 bridgehead atoms.